The fraction of sp³-hybridized carbons (Fsp3) is 0.389. The third-order valence-corrected chi connectivity index (χ3v) is 3.39. The van der Waals surface area contributed by atoms with Crippen LogP contribution < -0.4 is 10.6 Å². The molecule has 0 spiro atoms. The third-order valence-electron chi connectivity index (χ3n) is 3.39. The van der Waals surface area contributed by atoms with Gasteiger partial charge in [-0.05, 0) is 30.5 Å². The largest absolute Gasteiger partial charge is 0.466 e. The molecule has 0 heterocycles. The van der Waals surface area contributed by atoms with Crippen molar-refractivity contribution < 1.29 is 23.9 Å². The van der Waals surface area contributed by atoms with Crippen molar-refractivity contribution >= 4 is 23.5 Å². The highest BCUT2D eigenvalue weighted by Gasteiger charge is 2.16. The minimum absolute atomic E-state index is 0.0859. The first-order chi connectivity index (χ1) is 11.8. The Kier molecular flexibility index (Phi) is 7.65. The van der Waals surface area contributed by atoms with Crippen molar-refractivity contribution in [1.29, 1.82) is 0 Å². The van der Waals surface area contributed by atoms with Crippen LogP contribution in [0.25, 0.3) is 0 Å². The molecule has 1 rings (SSSR count). The average molecular weight is 348 g/mol. The van der Waals surface area contributed by atoms with Gasteiger partial charge in [-0.15, -0.1) is 0 Å². The summed E-state index contributed by atoms with van der Waals surface area (Å²) in [6.45, 7) is 6.32. The standard InChI is InChI=1S/C18H24N2O5/c1-11(2)10-19-17(22)13-7-6-8-14(12(13)3)20-15(18(23)25-5)9-16(21)24-4/h6-9,11,20H,10H2,1-5H3,(H,19,22)/b15-9+. The number of ether oxygens (including phenoxy) is 2. The van der Waals surface area contributed by atoms with Gasteiger partial charge in [-0.25, -0.2) is 9.59 Å². The van der Waals surface area contributed by atoms with Crippen molar-refractivity contribution in [2.45, 2.75) is 20.8 Å². The van der Waals surface area contributed by atoms with E-state index in [4.69, 9.17) is 0 Å². The van der Waals surface area contributed by atoms with E-state index in [1.54, 1.807) is 25.1 Å². The number of hydrogen-bond donors (Lipinski definition) is 2. The van der Waals surface area contributed by atoms with Gasteiger partial charge in [0.05, 0.1) is 20.3 Å². The molecule has 7 heteroatoms. The van der Waals surface area contributed by atoms with Crippen molar-refractivity contribution in [3.63, 3.8) is 0 Å². The summed E-state index contributed by atoms with van der Waals surface area (Å²) in [6.07, 6.45) is 0.997. The van der Waals surface area contributed by atoms with Crippen LogP contribution in [-0.4, -0.2) is 38.6 Å². The summed E-state index contributed by atoms with van der Waals surface area (Å²) in [5, 5.41) is 5.68. The van der Waals surface area contributed by atoms with E-state index < -0.39 is 11.9 Å². The second kappa shape index (κ2) is 9.46. The van der Waals surface area contributed by atoms with Crippen molar-refractivity contribution in [1.82, 2.24) is 5.32 Å². The van der Waals surface area contributed by atoms with Crippen LogP contribution in [0, 0.1) is 12.8 Å². The Bertz CT molecular complexity index is 680. The zero-order valence-corrected chi connectivity index (χ0v) is 15.1. The van der Waals surface area contributed by atoms with E-state index in [0.29, 0.717) is 29.3 Å². The predicted octanol–water partition coefficient (Wildman–Crippen LogP) is 2.02. The molecule has 1 amide bonds. The molecule has 0 atom stereocenters. The van der Waals surface area contributed by atoms with Crippen molar-refractivity contribution in [2.75, 3.05) is 26.1 Å². The lowest BCUT2D eigenvalue weighted by atomic mass is 10.1. The highest BCUT2D eigenvalue weighted by molar-refractivity contribution is 6.00. The van der Waals surface area contributed by atoms with Crippen LogP contribution in [0.15, 0.2) is 30.0 Å². The summed E-state index contributed by atoms with van der Waals surface area (Å²) in [4.78, 5) is 35.6. The number of rotatable bonds is 7. The molecule has 0 saturated heterocycles. The van der Waals surface area contributed by atoms with E-state index in [1.807, 2.05) is 13.8 Å². The summed E-state index contributed by atoms with van der Waals surface area (Å²) in [5.74, 6) is -1.29. The summed E-state index contributed by atoms with van der Waals surface area (Å²) in [7, 11) is 2.41. The molecule has 1 aromatic rings. The van der Waals surface area contributed by atoms with Gasteiger partial charge in [0.15, 0.2) is 0 Å². The van der Waals surface area contributed by atoms with E-state index in [9.17, 15) is 14.4 Å². The second-order valence-electron chi connectivity index (χ2n) is 5.78. The van der Waals surface area contributed by atoms with Crippen LogP contribution in [0.1, 0.15) is 29.8 Å². The second-order valence-corrected chi connectivity index (χ2v) is 5.78. The quantitative estimate of drug-likeness (QED) is 0.578. The Labute approximate surface area is 147 Å². The van der Waals surface area contributed by atoms with Gasteiger partial charge in [-0.2, -0.15) is 0 Å². The molecule has 0 aliphatic carbocycles. The SMILES string of the molecule is COC(=O)/C=C(/Nc1cccc(C(=O)NCC(C)C)c1C)C(=O)OC. The number of amides is 1. The molecule has 0 saturated carbocycles. The van der Waals surface area contributed by atoms with E-state index in [2.05, 4.69) is 20.1 Å². The molecule has 136 valence electrons. The summed E-state index contributed by atoms with van der Waals surface area (Å²) in [6, 6.07) is 5.08. The lowest BCUT2D eigenvalue weighted by molar-refractivity contribution is -0.138. The first kappa shape index (κ1) is 20.2. The van der Waals surface area contributed by atoms with Crippen LogP contribution in [-0.2, 0) is 19.1 Å². The van der Waals surface area contributed by atoms with Gasteiger partial charge in [0.25, 0.3) is 5.91 Å². The monoisotopic (exact) mass is 348 g/mol. The number of anilines is 1. The predicted molar refractivity (Wildman–Crippen MR) is 94.1 cm³/mol. The number of carbonyl (C=O) groups is 3. The Hall–Kier alpha value is -2.83. The minimum atomic E-state index is -0.723. The number of methoxy groups -OCH3 is 2. The molecular weight excluding hydrogens is 324 g/mol. The van der Waals surface area contributed by atoms with Crippen LogP contribution >= 0.6 is 0 Å². The molecule has 0 aromatic heterocycles. The van der Waals surface area contributed by atoms with Gasteiger partial charge in [0.2, 0.25) is 0 Å². The number of carbonyl (C=O) groups excluding carboxylic acids is 3. The molecule has 0 radical (unpaired) electrons. The fourth-order valence-corrected chi connectivity index (χ4v) is 1.99. The smallest absolute Gasteiger partial charge is 0.354 e. The van der Waals surface area contributed by atoms with Crippen LogP contribution in [0.2, 0.25) is 0 Å². The Morgan fingerprint density at radius 2 is 1.84 bits per heavy atom. The van der Waals surface area contributed by atoms with E-state index >= 15 is 0 Å². The maximum absolute atomic E-state index is 12.3. The molecule has 0 unspecified atom stereocenters. The number of nitrogens with one attached hydrogen (secondary N) is 2. The van der Waals surface area contributed by atoms with Gasteiger partial charge in [-0.1, -0.05) is 19.9 Å². The number of benzene rings is 1. The molecule has 25 heavy (non-hydrogen) atoms. The molecular formula is C18H24N2O5. The third kappa shape index (κ3) is 5.95. The zero-order chi connectivity index (χ0) is 19.0. The van der Waals surface area contributed by atoms with Crippen molar-refractivity contribution in [3.05, 3.63) is 41.1 Å². The Balaban J connectivity index is 3.10. The van der Waals surface area contributed by atoms with Gasteiger partial charge >= 0.3 is 11.9 Å². The van der Waals surface area contributed by atoms with Crippen LogP contribution in [0.4, 0.5) is 5.69 Å². The zero-order valence-electron chi connectivity index (χ0n) is 15.1. The maximum atomic E-state index is 12.3. The topological polar surface area (TPSA) is 93.7 Å². The first-order valence-corrected chi connectivity index (χ1v) is 7.82. The molecule has 0 aliphatic heterocycles. The van der Waals surface area contributed by atoms with E-state index in [-0.39, 0.29) is 11.6 Å². The highest BCUT2D eigenvalue weighted by Crippen LogP contribution is 2.21. The Morgan fingerprint density at radius 3 is 2.40 bits per heavy atom. The molecule has 0 fully saturated rings. The lowest BCUT2D eigenvalue weighted by Gasteiger charge is -2.15. The highest BCUT2D eigenvalue weighted by atomic mass is 16.5. The summed E-state index contributed by atoms with van der Waals surface area (Å²) < 4.78 is 9.19. The number of hydrogen-bond acceptors (Lipinski definition) is 6. The molecule has 2 N–H and O–H groups in total. The lowest BCUT2D eigenvalue weighted by Crippen LogP contribution is -2.28. The van der Waals surface area contributed by atoms with E-state index in [1.165, 1.54) is 14.2 Å². The van der Waals surface area contributed by atoms with Gasteiger partial charge in [0.1, 0.15) is 5.70 Å². The molecule has 0 aliphatic rings. The van der Waals surface area contributed by atoms with Gasteiger partial charge in [0, 0.05) is 17.8 Å². The van der Waals surface area contributed by atoms with Crippen molar-refractivity contribution in [2.24, 2.45) is 5.92 Å². The van der Waals surface area contributed by atoms with Crippen LogP contribution in [0.3, 0.4) is 0 Å². The van der Waals surface area contributed by atoms with Crippen molar-refractivity contribution in [3.8, 4) is 0 Å². The molecule has 7 nitrogen and oxygen atoms in total. The van der Waals surface area contributed by atoms with Gasteiger partial charge < -0.3 is 20.1 Å². The first-order valence-electron chi connectivity index (χ1n) is 7.82. The number of esters is 2. The van der Waals surface area contributed by atoms with Gasteiger partial charge in [-0.3, -0.25) is 4.79 Å². The fourth-order valence-electron chi connectivity index (χ4n) is 1.99. The average Bonchev–Trinajstić information content (AvgIpc) is 2.59. The normalized spacial score (nSPS) is 11.0. The van der Waals surface area contributed by atoms with Crippen LogP contribution in [0.5, 0.6) is 0 Å². The van der Waals surface area contributed by atoms with E-state index in [0.717, 1.165) is 6.08 Å². The molecule has 1 aromatic carbocycles. The summed E-state index contributed by atoms with van der Waals surface area (Å²) >= 11 is 0. The summed E-state index contributed by atoms with van der Waals surface area (Å²) in [5.41, 5.74) is 1.55. The molecule has 0 bridgehead atoms. The maximum Gasteiger partial charge on any atom is 0.354 e. The Morgan fingerprint density at radius 1 is 1.16 bits per heavy atom. The minimum Gasteiger partial charge on any atom is -0.466 e.